The Morgan fingerprint density at radius 2 is 1.80 bits per heavy atom. The number of carbonyl (C=O) groups excluding carboxylic acids is 3. The molecule has 1 N–H and O–H groups in total. The van der Waals surface area contributed by atoms with Crippen LogP contribution in [0.5, 0.6) is 5.75 Å². The third-order valence-electron chi connectivity index (χ3n) is 5.96. The number of halogens is 1. The first kappa shape index (κ1) is 33.0. The zero-order valence-corrected chi connectivity index (χ0v) is 24.1. The summed E-state index contributed by atoms with van der Waals surface area (Å²) in [5, 5.41) is 28.1. The smallest absolute Gasteiger partial charge is 0.348 e. The number of benzene rings is 1. The van der Waals surface area contributed by atoms with Gasteiger partial charge in [0.1, 0.15) is 28.2 Å². The zero-order valence-electron chi connectivity index (χ0n) is 23.4. The van der Waals surface area contributed by atoms with Gasteiger partial charge in [-0.25, -0.2) is 9.79 Å². The molecule has 0 unspecified atom stereocenters. The van der Waals surface area contributed by atoms with E-state index in [1.54, 1.807) is 11.0 Å². The Bertz CT molecular complexity index is 1250. The maximum absolute atomic E-state index is 12.3. The maximum Gasteiger partial charge on any atom is 0.348 e. The van der Waals surface area contributed by atoms with Gasteiger partial charge in [-0.2, -0.15) is 5.26 Å². The van der Waals surface area contributed by atoms with Crippen molar-refractivity contribution in [1.29, 1.82) is 5.26 Å². The van der Waals surface area contributed by atoms with Crippen LogP contribution in [-0.2, 0) is 28.6 Å². The van der Waals surface area contributed by atoms with Crippen molar-refractivity contribution in [3.8, 4) is 11.8 Å². The zero-order chi connectivity index (χ0) is 30.2. The van der Waals surface area contributed by atoms with Crippen LogP contribution in [0.4, 0.5) is 11.4 Å². The summed E-state index contributed by atoms with van der Waals surface area (Å²) in [4.78, 5) is 41.3. The highest BCUT2D eigenvalue weighted by atomic mass is 35.5. The summed E-state index contributed by atoms with van der Waals surface area (Å²) in [5.41, 5.74) is 0.901. The van der Waals surface area contributed by atoms with Gasteiger partial charge < -0.3 is 24.2 Å². The number of azo groups is 1. The lowest BCUT2D eigenvalue weighted by atomic mass is 10.1. The van der Waals surface area contributed by atoms with Crippen molar-refractivity contribution in [3.05, 3.63) is 40.6 Å². The molecule has 0 aromatic heterocycles. The molecule has 0 atom stereocenters. The number of carbonyl (C=O) groups is 3. The van der Waals surface area contributed by atoms with Gasteiger partial charge in [-0.15, -0.1) is 10.2 Å². The van der Waals surface area contributed by atoms with Gasteiger partial charge in [-0.3, -0.25) is 9.59 Å². The molecule has 1 aromatic rings. The number of anilines is 1. The molecule has 0 bridgehead atoms. The van der Waals surface area contributed by atoms with Crippen molar-refractivity contribution in [1.82, 2.24) is 0 Å². The van der Waals surface area contributed by atoms with Crippen molar-refractivity contribution in [3.63, 3.8) is 0 Å². The summed E-state index contributed by atoms with van der Waals surface area (Å²) in [5.74, 6) is -1.54. The van der Waals surface area contributed by atoms with Crippen molar-refractivity contribution >= 4 is 46.7 Å². The van der Waals surface area contributed by atoms with Crippen LogP contribution in [0.2, 0.25) is 0 Å². The van der Waals surface area contributed by atoms with Crippen molar-refractivity contribution in [2.45, 2.75) is 51.9 Å². The summed E-state index contributed by atoms with van der Waals surface area (Å²) in [6, 6.07) is 6.45. The van der Waals surface area contributed by atoms with Gasteiger partial charge >= 0.3 is 17.9 Å². The fourth-order valence-electron chi connectivity index (χ4n) is 3.65. The number of methoxy groups -OCH3 is 2. The largest absolute Gasteiger partial charge is 0.506 e. The van der Waals surface area contributed by atoms with E-state index in [9.17, 15) is 24.8 Å². The minimum Gasteiger partial charge on any atom is -0.506 e. The third-order valence-corrected chi connectivity index (χ3v) is 6.28. The van der Waals surface area contributed by atoms with Gasteiger partial charge in [0.05, 0.1) is 33.7 Å². The third kappa shape index (κ3) is 11.0. The highest BCUT2D eigenvalue weighted by molar-refractivity contribution is 6.31. The number of nitrogens with zero attached hydrogens (tertiary/aromatic N) is 5. The number of hydrogen-bond donors (Lipinski definition) is 1. The van der Waals surface area contributed by atoms with Gasteiger partial charge in [0.2, 0.25) is 0 Å². The fourth-order valence-corrected chi connectivity index (χ4v) is 3.87. The second kappa shape index (κ2) is 17.5. The minimum atomic E-state index is -0.728. The van der Waals surface area contributed by atoms with E-state index in [2.05, 4.69) is 31.6 Å². The molecule has 1 aliphatic rings. The number of nitriles is 1. The Morgan fingerprint density at radius 1 is 1.12 bits per heavy atom. The second-order valence-electron chi connectivity index (χ2n) is 8.90. The molecule has 41 heavy (non-hydrogen) atoms. The van der Waals surface area contributed by atoms with Crippen LogP contribution < -0.4 is 4.90 Å². The van der Waals surface area contributed by atoms with E-state index >= 15 is 0 Å². The standard InChI is InChI=1S/C28H34ClN5O7/c1-4-5-6-7-14-41-28(38)20(18-30)15-19-16-24(31-27(19)29)33-32-22-9-8-21(17-23(22)35)34(12-10-25(36)39-2)13-11-26(37)40-3/h8-9,15,17,35H,4-7,10-14,16H2,1-3H3/b20-15+,33-32?. The molecule has 1 heterocycles. The molecule has 0 fully saturated rings. The average Bonchev–Trinajstić information content (AvgIpc) is 3.32. The minimum absolute atomic E-state index is 0.0638. The number of phenolic OH excluding ortho intramolecular Hbond substituents is 1. The molecule has 12 nitrogen and oxygen atoms in total. The predicted octanol–water partition coefficient (Wildman–Crippen LogP) is 5.23. The van der Waals surface area contributed by atoms with Gasteiger partial charge in [0.25, 0.3) is 0 Å². The van der Waals surface area contributed by atoms with Crippen LogP contribution in [0.1, 0.15) is 51.9 Å². The SMILES string of the molecule is CCCCCCOC(=O)/C(C#N)=C/C1=C(Cl)N=C(N=Nc2ccc(N(CCC(=O)OC)CCC(=O)OC)cc2O)C1. The fraction of sp³-hybridized carbons (Fsp3) is 0.464. The van der Waals surface area contributed by atoms with Crippen molar-refractivity contribution in [2.24, 2.45) is 15.2 Å². The summed E-state index contributed by atoms with van der Waals surface area (Å²) < 4.78 is 14.5. The van der Waals surface area contributed by atoms with E-state index in [0.717, 1.165) is 25.7 Å². The molecule has 13 heteroatoms. The van der Waals surface area contributed by atoms with Crippen LogP contribution in [0, 0.1) is 11.3 Å². The first-order valence-corrected chi connectivity index (χ1v) is 13.5. The molecular formula is C28H34ClN5O7. The number of phenols is 1. The highest BCUT2D eigenvalue weighted by Gasteiger charge is 2.19. The van der Waals surface area contributed by atoms with Gasteiger partial charge in [0, 0.05) is 31.3 Å². The average molecular weight is 588 g/mol. The lowest BCUT2D eigenvalue weighted by Crippen LogP contribution is -2.29. The number of ether oxygens (including phenoxy) is 3. The molecule has 0 aliphatic carbocycles. The topological polar surface area (TPSA) is 163 Å². The maximum atomic E-state index is 12.3. The van der Waals surface area contributed by atoms with Gasteiger partial charge in [-0.1, -0.05) is 37.8 Å². The van der Waals surface area contributed by atoms with Crippen LogP contribution in [-0.4, -0.2) is 62.8 Å². The summed E-state index contributed by atoms with van der Waals surface area (Å²) in [7, 11) is 2.58. The number of allylic oxidation sites excluding steroid dienone is 1. The van der Waals surface area contributed by atoms with E-state index in [4.69, 9.17) is 16.3 Å². The first-order chi connectivity index (χ1) is 19.7. The Balaban J connectivity index is 2.06. The normalized spacial score (nSPS) is 13.1. The lowest BCUT2D eigenvalue weighted by molar-refractivity contribution is -0.140. The van der Waals surface area contributed by atoms with Gasteiger partial charge in [0.15, 0.2) is 5.84 Å². The van der Waals surface area contributed by atoms with Crippen molar-refractivity contribution in [2.75, 3.05) is 38.8 Å². The van der Waals surface area contributed by atoms with Crippen LogP contribution in [0.25, 0.3) is 0 Å². The molecule has 0 spiro atoms. The molecule has 0 saturated carbocycles. The number of amidine groups is 1. The van der Waals surface area contributed by atoms with E-state index in [1.165, 1.54) is 32.4 Å². The number of rotatable bonds is 15. The molecule has 0 radical (unpaired) electrons. The predicted molar refractivity (Wildman–Crippen MR) is 152 cm³/mol. The molecule has 1 aliphatic heterocycles. The summed E-state index contributed by atoms with van der Waals surface area (Å²) >= 11 is 6.20. The molecular weight excluding hydrogens is 554 g/mol. The van der Waals surface area contributed by atoms with E-state index in [1.807, 2.05) is 6.07 Å². The lowest BCUT2D eigenvalue weighted by Gasteiger charge is -2.24. The van der Waals surface area contributed by atoms with E-state index < -0.39 is 17.9 Å². The molecule has 1 aromatic carbocycles. The van der Waals surface area contributed by atoms with Crippen molar-refractivity contribution < 1.29 is 33.7 Å². The van der Waals surface area contributed by atoms with E-state index in [0.29, 0.717) is 11.3 Å². The number of hydrogen-bond acceptors (Lipinski definition) is 12. The number of esters is 3. The molecule has 220 valence electrons. The number of unbranched alkanes of at least 4 members (excludes halogenated alkanes) is 3. The highest BCUT2D eigenvalue weighted by Crippen LogP contribution is 2.33. The molecule has 2 rings (SSSR count). The Kier molecular flexibility index (Phi) is 14.0. The van der Waals surface area contributed by atoms with Crippen LogP contribution >= 0.6 is 11.6 Å². The number of aromatic hydroxyl groups is 1. The Hall–Kier alpha value is -4.24. The summed E-state index contributed by atoms with van der Waals surface area (Å²) in [6.07, 6.45) is 5.37. The van der Waals surface area contributed by atoms with Crippen LogP contribution in [0.3, 0.4) is 0 Å². The van der Waals surface area contributed by atoms with Gasteiger partial charge in [-0.05, 0) is 30.2 Å². The van der Waals surface area contributed by atoms with Crippen LogP contribution in [0.15, 0.2) is 55.8 Å². The quantitative estimate of drug-likeness (QED) is 0.0550. The van der Waals surface area contributed by atoms with E-state index in [-0.39, 0.29) is 67.0 Å². The first-order valence-electron chi connectivity index (χ1n) is 13.1. The Labute approximate surface area is 243 Å². The monoisotopic (exact) mass is 587 g/mol. The number of aliphatic imine (C=N–C) groups is 1. The molecule has 0 amide bonds. The summed E-state index contributed by atoms with van der Waals surface area (Å²) in [6.45, 7) is 2.81. The second-order valence-corrected chi connectivity index (χ2v) is 9.26. The molecule has 0 saturated heterocycles. The Morgan fingerprint density at radius 3 is 2.39 bits per heavy atom.